The molecular weight excluding hydrogens is 244 g/mol. The minimum absolute atomic E-state index is 0.115. The minimum Gasteiger partial charge on any atom is -0.489 e. The number of hydrogen-bond donors (Lipinski definition) is 1. The zero-order valence-electron chi connectivity index (χ0n) is 10.5. The zero-order chi connectivity index (χ0) is 13.1. The second-order valence-corrected chi connectivity index (χ2v) is 4.66. The van der Waals surface area contributed by atoms with Crippen LogP contribution in [0.25, 0.3) is 10.9 Å². The van der Waals surface area contributed by atoms with Gasteiger partial charge in [-0.3, -0.25) is 4.98 Å². The number of thiocarbonyl (C=S) groups is 1. The van der Waals surface area contributed by atoms with Crippen LogP contribution in [0.1, 0.15) is 25.8 Å². The third-order valence-electron chi connectivity index (χ3n) is 2.89. The molecule has 0 saturated carbocycles. The maximum Gasteiger partial charge on any atom is 0.140 e. The van der Waals surface area contributed by atoms with Crippen molar-refractivity contribution in [1.29, 1.82) is 0 Å². The van der Waals surface area contributed by atoms with Gasteiger partial charge in [0, 0.05) is 11.6 Å². The fourth-order valence-electron chi connectivity index (χ4n) is 1.70. The highest BCUT2D eigenvalue weighted by molar-refractivity contribution is 7.80. The maximum atomic E-state index is 5.96. The Kier molecular flexibility index (Phi) is 3.77. The van der Waals surface area contributed by atoms with E-state index in [4.69, 9.17) is 22.7 Å². The molecule has 1 unspecified atom stereocenters. The molecular formula is C14H16N2OS. The summed E-state index contributed by atoms with van der Waals surface area (Å²) in [6, 6.07) is 7.82. The number of aromatic nitrogens is 1. The molecule has 94 valence electrons. The van der Waals surface area contributed by atoms with Crippen LogP contribution in [0.2, 0.25) is 0 Å². The molecule has 0 fully saturated rings. The lowest BCUT2D eigenvalue weighted by molar-refractivity contribution is 0.220. The number of para-hydroxylation sites is 1. The molecule has 0 aliphatic carbocycles. The molecule has 0 aliphatic heterocycles. The summed E-state index contributed by atoms with van der Waals surface area (Å²) < 4.78 is 5.96. The van der Waals surface area contributed by atoms with Crippen molar-refractivity contribution < 1.29 is 4.74 Å². The SMILES string of the molecule is CCC(C)Oc1c(C(N)=S)cnc2ccccc12. The molecule has 2 N–H and O–H groups in total. The smallest absolute Gasteiger partial charge is 0.140 e. The highest BCUT2D eigenvalue weighted by Gasteiger charge is 2.14. The van der Waals surface area contributed by atoms with E-state index in [1.807, 2.05) is 31.2 Å². The number of ether oxygens (including phenoxy) is 1. The van der Waals surface area contributed by atoms with Gasteiger partial charge in [-0.05, 0) is 25.5 Å². The van der Waals surface area contributed by atoms with Crippen LogP contribution in [0.5, 0.6) is 5.75 Å². The van der Waals surface area contributed by atoms with Crippen molar-refractivity contribution in [3.8, 4) is 5.75 Å². The van der Waals surface area contributed by atoms with Gasteiger partial charge in [0.25, 0.3) is 0 Å². The molecule has 0 spiro atoms. The van der Waals surface area contributed by atoms with Gasteiger partial charge in [0.05, 0.1) is 17.2 Å². The van der Waals surface area contributed by atoms with Crippen LogP contribution in [-0.2, 0) is 0 Å². The number of pyridine rings is 1. The van der Waals surface area contributed by atoms with Crippen LogP contribution < -0.4 is 10.5 Å². The van der Waals surface area contributed by atoms with Gasteiger partial charge < -0.3 is 10.5 Å². The van der Waals surface area contributed by atoms with Crippen LogP contribution in [0.4, 0.5) is 0 Å². The number of benzene rings is 1. The third kappa shape index (κ3) is 2.43. The maximum absolute atomic E-state index is 5.96. The third-order valence-corrected chi connectivity index (χ3v) is 3.11. The molecule has 1 aromatic carbocycles. The molecule has 0 amide bonds. The standard InChI is InChI=1S/C14H16N2OS/c1-3-9(2)17-13-10-6-4-5-7-12(10)16-8-11(13)14(15)18/h4-9H,3H2,1-2H3,(H2,15,18). The van der Waals surface area contributed by atoms with Gasteiger partial charge in [0.2, 0.25) is 0 Å². The number of rotatable bonds is 4. The Morgan fingerprint density at radius 1 is 1.44 bits per heavy atom. The first-order chi connectivity index (χ1) is 8.63. The van der Waals surface area contributed by atoms with Crippen LogP contribution in [-0.4, -0.2) is 16.1 Å². The number of hydrogen-bond acceptors (Lipinski definition) is 3. The largest absolute Gasteiger partial charge is 0.489 e. The van der Waals surface area contributed by atoms with E-state index in [0.717, 1.165) is 23.1 Å². The quantitative estimate of drug-likeness (QED) is 0.858. The average Bonchev–Trinajstić information content (AvgIpc) is 2.38. The Labute approximate surface area is 112 Å². The minimum atomic E-state index is 0.115. The van der Waals surface area contributed by atoms with E-state index in [1.165, 1.54) is 0 Å². The molecule has 0 radical (unpaired) electrons. The lowest BCUT2D eigenvalue weighted by Crippen LogP contribution is -2.16. The summed E-state index contributed by atoms with van der Waals surface area (Å²) in [4.78, 5) is 4.66. The van der Waals surface area contributed by atoms with E-state index in [0.29, 0.717) is 10.6 Å². The van der Waals surface area contributed by atoms with E-state index in [-0.39, 0.29) is 6.10 Å². The summed E-state index contributed by atoms with van der Waals surface area (Å²) in [5.41, 5.74) is 7.32. The summed E-state index contributed by atoms with van der Waals surface area (Å²) in [6.07, 6.45) is 2.72. The zero-order valence-corrected chi connectivity index (χ0v) is 11.3. The molecule has 4 heteroatoms. The Bertz CT molecular complexity index is 583. The molecule has 18 heavy (non-hydrogen) atoms. The van der Waals surface area contributed by atoms with Gasteiger partial charge in [0.15, 0.2) is 0 Å². The second kappa shape index (κ2) is 5.31. The highest BCUT2D eigenvalue weighted by Crippen LogP contribution is 2.29. The van der Waals surface area contributed by atoms with E-state index in [2.05, 4.69) is 11.9 Å². The van der Waals surface area contributed by atoms with Crippen molar-refractivity contribution >= 4 is 28.1 Å². The normalized spacial score (nSPS) is 12.3. The van der Waals surface area contributed by atoms with Crippen LogP contribution in [0, 0.1) is 0 Å². The van der Waals surface area contributed by atoms with E-state index in [1.54, 1.807) is 6.20 Å². The Morgan fingerprint density at radius 2 is 2.17 bits per heavy atom. The predicted molar refractivity (Wildman–Crippen MR) is 78.0 cm³/mol. The lowest BCUT2D eigenvalue weighted by atomic mass is 10.1. The summed E-state index contributed by atoms with van der Waals surface area (Å²) in [5.74, 6) is 0.738. The molecule has 0 saturated heterocycles. The van der Waals surface area contributed by atoms with E-state index in [9.17, 15) is 0 Å². The summed E-state index contributed by atoms with van der Waals surface area (Å²) in [5, 5.41) is 0.947. The monoisotopic (exact) mass is 260 g/mol. The highest BCUT2D eigenvalue weighted by atomic mass is 32.1. The topological polar surface area (TPSA) is 48.1 Å². The fraction of sp³-hybridized carbons (Fsp3) is 0.286. The lowest BCUT2D eigenvalue weighted by Gasteiger charge is -2.17. The Morgan fingerprint density at radius 3 is 2.83 bits per heavy atom. The summed E-state index contributed by atoms with van der Waals surface area (Å²) in [7, 11) is 0. The van der Waals surface area contributed by atoms with Crippen molar-refractivity contribution in [1.82, 2.24) is 4.98 Å². The van der Waals surface area contributed by atoms with Gasteiger partial charge in [-0.25, -0.2) is 0 Å². The fourth-order valence-corrected chi connectivity index (χ4v) is 1.85. The molecule has 1 aromatic heterocycles. The van der Waals surface area contributed by atoms with Gasteiger partial charge >= 0.3 is 0 Å². The van der Waals surface area contributed by atoms with Crippen molar-refractivity contribution in [3.05, 3.63) is 36.0 Å². The Hall–Kier alpha value is -1.68. The molecule has 0 bridgehead atoms. The van der Waals surface area contributed by atoms with Gasteiger partial charge in [-0.15, -0.1) is 0 Å². The first-order valence-electron chi connectivity index (χ1n) is 5.97. The van der Waals surface area contributed by atoms with E-state index < -0.39 is 0 Å². The van der Waals surface area contributed by atoms with Gasteiger partial charge in [-0.2, -0.15) is 0 Å². The van der Waals surface area contributed by atoms with Gasteiger partial charge in [0.1, 0.15) is 10.7 Å². The second-order valence-electron chi connectivity index (χ2n) is 4.22. The molecule has 1 atom stereocenters. The number of nitrogens with zero attached hydrogens (tertiary/aromatic N) is 1. The summed E-state index contributed by atoms with van der Waals surface area (Å²) in [6.45, 7) is 4.10. The average molecular weight is 260 g/mol. The van der Waals surface area contributed by atoms with Gasteiger partial charge in [-0.1, -0.05) is 31.3 Å². The first kappa shape index (κ1) is 12.8. The van der Waals surface area contributed by atoms with Crippen LogP contribution >= 0.6 is 12.2 Å². The molecule has 2 rings (SSSR count). The van der Waals surface area contributed by atoms with E-state index >= 15 is 0 Å². The summed E-state index contributed by atoms with van der Waals surface area (Å²) >= 11 is 5.06. The molecule has 3 nitrogen and oxygen atoms in total. The van der Waals surface area contributed by atoms with Crippen molar-refractivity contribution in [2.45, 2.75) is 26.4 Å². The van der Waals surface area contributed by atoms with Crippen LogP contribution in [0.3, 0.4) is 0 Å². The van der Waals surface area contributed by atoms with Crippen molar-refractivity contribution in [3.63, 3.8) is 0 Å². The number of nitrogens with two attached hydrogens (primary N) is 1. The van der Waals surface area contributed by atoms with Crippen molar-refractivity contribution in [2.75, 3.05) is 0 Å². The van der Waals surface area contributed by atoms with Crippen LogP contribution in [0.15, 0.2) is 30.5 Å². The first-order valence-corrected chi connectivity index (χ1v) is 6.38. The Balaban J connectivity index is 2.62. The molecule has 0 aliphatic rings. The molecule has 1 heterocycles. The molecule has 2 aromatic rings. The van der Waals surface area contributed by atoms with Crippen molar-refractivity contribution in [2.24, 2.45) is 5.73 Å². The number of fused-ring (bicyclic) bond motifs is 1. The predicted octanol–water partition coefficient (Wildman–Crippen LogP) is 3.05.